The van der Waals surface area contributed by atoms with Crippen molar-refractivity contribution < 1.29 is 13.2 Å². The van der Waals surface area contributed by atoms with Crippen molar-refractivity contribution in [2.24, 2.45) is 7.05 Å². The summed E-state index contributed by atoms with van der Waals surface area (Å²) >= 11 is 0. The Morgan fingerprint density at radius 2 is 1.88 bits per heavy atom. The van der Waals surface area contributed by atoms with E-state index in [2.05, 4.69) is 16.3 Å². The lowest BCUT2D eigenvalue weighted by Gasteiger charge is -2.20. The van der Waals surface area contributed by atoms with Gasteiger partial charge >= 0.3 is 5.92 Å². The Labute approximate surface area is 188 Å². The highest BCUT2D eigenvalue weighted by Crippen LogP contribution is 2.34. The molecule has 170 valence electrons. The zero-order valence-corrected chi connectivity index (χ0v) is 18.5. The van der Waals surface area contributed by atoms with Gasteiger partial charge < -0.3 is 0 Å². The van der Waals surface area contributed by atoms with Gasteiger partial charge in [0.05, 0.1) is 16.8 Å². The summed E-state index contributed by atoms with van der Waals surface area (Å²) in [6.45, 7) is 3.91. The van der Waals surface area contributed by atoms with E-state index in [9.17, 15) is 4.39 Å². The maximum Gasteiger partial charge on any atom is 0.334 e. The minimum absolute atomic E-state index is 0.233. The van der Waals surface area contributed by atoms with Crippen LogP contribution in [-0.2, 0) is 13.0 Å². The Morgan fingerprint density at radius 3 is 2.64 bits per heavy atom. The average molecular weight is 452 g/mol. The van der Waals surface area contributed by atoms with Crippen LogP contribution in [0.4, 0.5) is 13.2 Å². The quantitative estimate of drug-likeness (QED) is 0.429. The number of alkyl halides is 2. The highest BCUT2D eigenvalue weighted by molar-refractivity contribution is 5.90. The first-order chi connectivity index (χ1) is 15.6. The number of rotatable bonds is 3. The van der Waals surface area contributed by atoms with Crippen molar-refractivity contribution in [2.75, 3.05) is 0 Å². The molecule has 0 saturated carbocycles. The van der Waals surface area contributed by atoms with Gasteiger partial charge in [0.1, 0.15) is 11.3 Å². The van der Waals surface area contributed by atoms with Gasteiger partial charge in [0, 0.05) is 30.3 Å². The molecule has 6 nitrogen and oxygen atoms in total. The van der Waals surface area contributed by atoms with Crippen LogP contribution in [0.25, 0.3) is 16.5 Å². The molecule has 2 N–H and O–H groups in total. The molecule has 9 heteroatoms. The van der Waals surface area contributed by atoms with Gasteiger partial charge in [0.15, 0.2) is 5.84 Å². The number of aryl methyl sites for hydroxylation is 1. The molecule has 0 atom stereocenters. The maximum absolute atomic E-state index is 15.4. The number of nitrogens with one attached hydrogen (secondary N) is 2. The molecule has 0 radical (unpaired) electrons. The molecule has 0 amide bonds. The fraction of sp³-hybridized carbons (Fsp3) is 0.250. The first-order valence-corrected chi connectivity index (χ1v) is 10.4. The Hall–Kier alpha value is -3.75. The topological polar surface area (TPSA) is 83.3 Å². The molecule has 4 rings (SSSR count). The number of hydrogen-bond acceptors (Lipinski definition) is 4. The van der Waals surface area contributed by atoms with Crippen LogP contribution in [0.1, 0.15) is 37.9 Å². The summed E-state index contributed by atoms with van der Waals surface area (Å²) in [7, 11) is 1.60. The third kappa shape index (κ3) is 4.30. The summed E-state index contributed by atoms with van der Waals surface area (Å²) in [4.78, 5) is 0. The van der Waals surface area contributed by atoms with Gasteiger partial charge in [-0.1, -0.05) is 29.4 Å². The van der Waals surface area contributed by atoms with E-state index in [1.54, 1.807) is 13.1 Å². The summed E-state index contributed by atoms with van der Waals surface area (Å²) < 4.78 is 47.3. The minimum atomic E-state index is -4.03. The van der Waals surface area contributed by atoms with E-state index in [4.69, 9.17) is 10.8 Å². The van der Waals surface area contributed by atoms with Crippen molar-refractivity contribution in [1.29, 1.82) is 10.8 Å². The van der Waals surface area contributed by atoms with Crippen molar-refractivity contribution in [3.8, 4) is 0 Å². The lowest BCUT2D eigenvalue weighted by Crippen LogP contribution is -2.40. The maximum atomic E-state index is 15.4. The highest BCUT2D eigenvalue weighted by atomic mass is 19.3. The highest BCUT2D eigenvalue weighted by Gasteiger charge is 2.42. The molecular weight excluding hydrogens is 429 g/mol. The second-order valence-electron chi connectivity index (χ2n) is 8.21. The van der Waals surface area contributed by atoms with Gasteiger partial charge in [-0.15, -0.1) is 0 Å². The normalized spacial score (nSPS) is 14.9. The van der Waals surface area contributed by atoms with Gasteiger partial charge in [-0.05, 0) is 44.9 Å². The van der Waals surface area contributed by atoms with Crippen LogP contribution in [0.15, 0.2) is 59.8 Å². The van der Waals surface area contributed by atoms with Crippen LogP contribution in [0.5, 0.6) is 0 Å². The number of benzene rings is 1. The lowest BCUT2D eigenvalue weighted by molar-refractivity contribution is 0.0655. The van der Waals surface area contributed by atoms with E-state index in [-0.39, 0.29) is 5.52 Å². The second-order valence-corrected chi connectivity index (χ2v) is 8.21. The van der Waals surface area contributed by atoms with Gasteiger partial charge in [0.2, 0.25) is 0 Å². The molecule has 2 heterocycles. The molecule has 2 aromatic heterocycles. The zero-order valence-electron chi connectivity index (χ0n) is 18.5. The Morgan fingerprint density at radius 1 is 1.12 bits per heavy atom. The van der Waals surface area contributed by atoms with Crippen molar-refractivity contribution in [2.45, 2.75) is 32.6 Å². The number of fused-ring (bicyclic) bond motifs is 1. The van der Waals surface area contributed by atoms with Gasteiger partial charge in [-0.2, -0.15) is 23.7 Å². The molecule has 1 aromatic carbocycles. The van der Waals surface area contributed by atoms with E-state index in [0.717, 1.165) is 36.1 Å². The fourth-order valence-corrected chi connectivity index (χ4v) is 3.78. The molecular formula is C24H23F3N6. The van der Waals surface area contributed by atoms with Crippen LogP contribution in [-0.4, -0.2) is 25.4 Å². The predicted molar refractivity (Wildman–Crippen MR) is 120 cm³/mol. The molecule has 0 fully saturated rings. The number of halogens is 3. The second kappa shape index (κ2) is 8.31. The lowest BCUT2D eigenvalue weighted by atomic mass is 9.99. The molecule has 0 saturated heterocycles. The Bertz CT molecular complexity index is 1420. The molecule has 0 unspecified atom stereocenters. The predicted octanol–water partition coefficient (Wildman–Crippen LogP) is 5.08. The fourth-order valence-electron chi connectivity index (χ4n) is 3.78. The van der Waals surface area contributed by atoms with E-state index < -0.39 is 28.6 Å². The van der Waals surface area contributed by atoms with Crippen LogP contribution < -0.4 is 5.49 Å². The third-order valence-electron chi connectivity index (χ3n) is 5.48. The van der Waals surface area contributed by atoms with E-state index in [0.29, 0.717) is 21.3 Å². The van der Waals surface area contributed by atoms with Crippen molar-refractivity contribution >= 4 is 22.3 Å². The summed E-state index contributed by atoms with van der Waals surface area (Å²) in [6.07, 6.45) is 9.14. The molecule has 0 spiro atoms. The van der Waals surface area contributed by atoms with Crippen LogP contribution in [0.2, 0.25) is 0 Å². The molecule has 0 aliphatic heterocycles. The van der Waals surface area contributed by atoms with Crippen LogP contribution in [0.3, 0.4) is 0 Å². The first-order valence-electron chi connectivity index (χ1n) is 10.4. The first kappa shape index (κ1) is 22.4. The van der Waals surface area contributed by atoms with Crippen molar-refractivity contribution in [3.05, 3.63) is 82.4 Å². The third-order valence-corrected chi connectivity index (χ3v) is 5.48. The van der Waals surface area contributed by atoms with E-state index in [1.807, 2.05) is 26.0 Å². The van der Waals surface area contributed by atoms with Crippen molar-refractivity contribution in [3.63, 3.8) is 0 Å². The number of allylic oxidation sites excluding steroid dienone is 6. The molecule has 3 aromatic rings. The van der Waals surface area contributed by atoms with E-state index >= 15 is 8.78 Å². The Balaban J connectivity index is 1.80. The summed E-state index contributed by atoms with van der Waals surface area (Å²) in [5.74, 6) is -6.52. The monoisotopic (exact) mass is 452 g/mol. The zero-order chi connectivity index (χ0) is 23.9. The molecule has 0 bridgehead atoms. The average Bonchev–Trinajstić information content (AvgIpc) is 3.10. The van der Waals surface area contributed by atoms with Gasteiger partial charge in [0.25, 0.3) is 0 Å². The summed E-state index contributed by atoms with van der Waals surface area (Å²) in [5.41, 5.74) is 1.98. The van der Waals surface area contributed by atoms with E-state index in [1.165, 1.54) is 16.9 Å². The van der Waals surface area contributed by atoms with Gasteiger partial charge in [-0.3, -0.25) is 15.5 Å². The molecule has 33 heavy (non-hydrogen) atoms. The minimum Gasteiger partial charge on any atom is -0.283 e. The molecule has 1 aliphatic carbocycles. The van der Waals surface area contributed by atoms with Crippen LogP contribution in [0, 0.1) is 16.6 Å². The SMILES string of the molecule is CC1=CCCC(C)=CC(c2ccc(=N)n(C(=N)C(F)(F)c3cc4cn(C)nc4cc3F)n2)=C1. The summed E-state index contributed by atoms with van der Waals surface area (Å²) in [5, 5.41) is 24.8. The number of hydrogen-bond donors (Lipinski definition) is 2. The number of nitrogens with zero attached hydrogens (tertiary/aromatic N) is 4. The molecule has 1 aliphatic rings. The summed E-state index contributed by atoms with van der Waals surface area (Å²) in [6, 6.07) is 4.76. The van der Waals surface area contributed by atoms with Crippen molar-refractivity contribution in [1.82, 2.24) is 19.6 Å². The standard InChI is InChI=1S/C24H23F3N6/c1-14-5-4-6-15(2)10-16(9-14)20-7-8-22(28)33(31-20)23(29)24(26,27)18-11-17-13-32(3)30-21(17)12-19(18)25/h5,7-13,28-29H,4,6H2,1-3H3. The largest absolute Gasteiger partial charge is 0.334 e. The number of aromatic nitrogens is 4. The van der Waals surface area contributed by atoms with Crippen LogP contribution >= 0.6 is 0 Å². The smallest absolute Gasteiger partial charge is 0.283 e. The Kier molecular flexibility index (Phi) is 5.65. The van der Waals surface area contributed by atoms with Gasteiger partial charge in [-0.25, -0.2) is 4.39 Å².